The second kappa shape index (κ2) is 6.23. The molecular formula is C15H19N3OS2. The third kappa shape index (κ3) is 2.87. The minimum absolute atomic E-state index is 0.0810. The van der Waals surface area contributed by atoms with Crippen LogP contribution in [0.1, 0.15) is 33.8 Å². The van der Waals surface area contributed by atoms with E-state index in [9.17, 15) is 4.79 Å². The molecule has 0 aliphatic heterocycles. The number of thiophene rings is 1. The molecule has 0 saturated carbocycles. The number of nitrogens with zero attached hydrogens (tertiary/aromatic N) is 1. The van der Waals surface area contributed by atoms with Crippen LogP contribution in [-0.4, -0.2) is 29.4 Å². The van der Waals surface area contributed by atoms with E-state index in [1.807, 2.05) is 6.26 Å². The molecule has 2 aromatic heterocycles. The number of carbonyl (C=O) groups excluding carboxylic acids is 1. The summed E-state index contributed by atoms with van der Waals surface area (Å²) in [5.41, 5.74) is 9.25. The normalized spacial score (nSPS) is 14.1. The SMILES string of the molecule is CSCCNC(=O)c1sc2nc3c(cc2c1N)CCCC3. The monoisotopic (exact) mass is 321 g/mol. The van der Waals surface area contributed by atoms with Gasteiger partial charge in [0.05, 0.1) is 5.69 Å². The van der Waals surface area contributed by atoms with E-state index in [2.05, 4.69) is 11.4 Å². The second-order valence-corrected chi connectivity index (χ2v) is 7.23. The Morgan fingerprint density at radius 1 is 1.48 bits per heavy atom. The standard InChI is InChI=1S/C15H19N3OS2/c1-20-7-6-17-14(19)13-12(16)10-8-9-4-2-3-5-11(9)18-15(10)21-13/h8H,2-7,16H2,1H3,(H,17,19). The molecule has 112 valence electrons. The molecule has 0 atom stereocenters. The van der Waals surface area contributed by atoms with Gasteiger partial charge in [-0.05, 0) is 43.6 Å². The maximum atomic E-state index is 12.2. The van der Waals surface area contributed by atoms with E-state index in [1.165, 1.54) is 35.4 Å². The lowest BCUT2D eigenvalue weighted by atomic mass is 9.95. The molecule has 0 spiro atoms. The molecule has 0 saturated heterocycles. The van der Waals surface area contributed by atoms with Crippen LogP contribution < -0.4 is 11.1 Å². The van der Waals surface area contributed by atoms with E-state index in [0.717, 1.165) is 28.8 Å². The average Bonchev–Trinajstić information content (AvgIpc) is 2.82. The highest BCUT2D eigenvalue weighted by molar-refractivity contribution is 7.98. The number of nitrogen functional groups attached to an aromatic ring is 1. The largest absolute Gasteiger partial charge is 0.397 e. The van der Waals surface area contributed by atoms with Crippen LogP contribution in [0.5, 0.6) is 0 Å². The predicted octanol–water partition coefficient (Wildman–Crippen LogP) is 2.85. The maximum Gasteiger partial charge on any atom is 0.263 e. The van der Waals surface area contributed by atoms with Gasteiger partial charge < -0.3 is 11.1 Å². The zero-order valence-corrected chi connectivity index (χ0v) is 13.7. The van der Waals surface area contributed by atoms with Crippen LogP contribution in [0.4, 0.5) is 5.69 Å². The number of carbonyl (C=O) groups is 1. The van der Waals surface area contributed by atoms with Gasteiger partial charge in [0, 0.05) is 23.4 Å². The molecule has 1 aliphatic rings. The maximum absolute atomic E-state index is 12.2. The fourth-order valence-corrected chi connectivity index (χ4v) is 3.99. The van der Waals surface area contributed by atoms with Crippen LogP contribution in [0.2, 0.25) is 0 Å². The highest BCUT2D eigenvalue weighted by Crippen LogP contribution is 2.35. The Kier molecular flexibility index (Phi) is 4.35. The van der Waals surface area contributed by atoms with Crippen molar-refractivity contribution in [2.75, 3.05) is 24.3 Å². The van der Waals surface area contributed by atoms with Crippen molar-refractivity contribution in [3.05, 3.63) is 22.2 Å². The Morgan fingerprint density at radius 3 is 3.10 bits per heavy atom. The number of anilines is 1. The molecule has 21 heavy (non-hydrogen) atoms. The molecular weight excluding hydrogens is 302 g/mol. The van der Waals surface area contributed by atoms with Gasteiger partial charge in [-0.1, -0.05) is 0 Å². The van der Waals surface area contributed by atoms with Gasteiger partial charge in [0.2, 0.25) is 0 Å². The molecule has 4 nitrogen and oxygen atoms in total. The van der Waals surface area contributed by atoms with Gasteiger partial charge in [-0.15, -0.1) is 11.3 Å². The Balaban J connectivity index is 1.93. The van der Waals surface area contributed by atoms with Crippen molar-refractivity contribution in [2.24, 2.45) is 0 Å². The lowest BCUT2D eigenvalue weighted by molar-refractivity contribution is 0.0961. The smallest absolute Gasteiger partial charge is 0.263 e. The van der Waals surface area contributed by atoms with E-state index in [-0.39, 0.29) is 5.91 Å². The van der Waals surface area contributed by atoms with Gasteiger partial charge in [0.15, 0.2) is 0 Å². The molecule has 3 rings (SSSR count). The van der Waals surface area contributed by atoms with Crippen molar-refractivity contribution < 1.29 is 4.79 Å². The fourth-order valence-electron chi connectivity index (χ4n) is 2.67. The summed E-state index contributed by atoms with van der Waals surface area (Å²) in [5.74, 6) is 0.825. The number of hydrogen-bond acceptors (Lipinski definition) is 5. The third-order valence-corrected chi connectivity index (χ3v) is 5.52. The van der Waals surface area contributed by atoms with Crippen molar-refractivity contribution in [2.45, 2.75) is 25.7 Å². The zero-order valence-electron chi connectivity index (χ0n) is 12.1. The molecule has 2 aromatic rings. The number of aryl methyl sites for hydroxylation is 2. The summed E-state index contributed by atoms with van der Waals surface area (Å²) in [6, 6.07) is 2.14. The first-order valence-electron chi connectivity index (χ1n) is 7.18. The summed E-state index contributed by atoms with van der Waals surface area (Å²) < 4.78 is 0. The Bertz CT molecular complexity index is 681. The van der Waals surface area contributed by atoms with Gasteiger partial charge in [-0.2, -0.15) is 11.8 Å². The number of rotatable bonds is 4. The number of thioether (sulfide) groups is 1. The molecule has 0 fully saturated rings. The molecule has 3 N–H and O–H groups in total. The van der Waals surface area contributed by atoms with Crippen molar-refractivity contribution in [3.8, 4) is 0 Å². The molecule has 0 radical (unpaired) electrons. The van der Waals surface area contributed by atoms with Crippen LogP contribution >= 0.6 is 23.1 Å². The minimum atomic E-state index is -0.0810. The number of aromatic nitrogens is 1. The molecule has 0 bridgehead atoms. The summed E-state index contributed by atoms with van der Waals surface area (Å²) >= 11 is 3.12. The molecule has 0 unspecified atom stereocenters. The van der Waals surface area contributed by atoms with Crippen LogP contribution in [0.3, 0.4) is 0 Å². The van der Waals surface area contributed by atoms with Crippen molar-refractivity contribution in [1.29, 1.82) is 0 Å². The molecule has 1 amide bonds. The number of pyridine rings is 1. The van der Waals surface area contributed by atoms with Crippen molar-refractivity contribution >= 4 is 44.9 Å². The van der Waals surface area contributed by atoms with Crippen molar-refractivity contribution in [1.82, 2.24) is 10.3 Å². The molecule has 0 aromatic carbocycles. The average molecular weight is 321 g/mol. The number of nitrogens with two attached hydrogens (primary N) is 1. The number of hydrogen-bond donors (Lipinski definition) is 2. The molecule has 6 heteroatoms. The van der Waals surface area contributed by atoms with Crippen molar-refractivity contribution in [3.63, 3.8) is 0 Å². The minimum Gasteiger partial charge on any atom is -0.397 e. The van der Waals surface area contributed by atoms with Gasteiger partial charge >= 0.3 is 0 Å². The number of fused-ring (bicyclic) bond motifs is 2. The highest BCUT2D eigenvalue weighted by atomic mass is 32.2. The van der Waals surface area contributed by atoms with Crippen LogP contribution in [0.25, 0.3) is 10.2 Å². The van der Waals surface area contributed by atoms with Crippen LogP contribution in [0, 0.1) is 0 Å². The zero-order chi connectivity index (χ0) is 14.8. The summed E-state index contributed by atoms with van der Waals surface area (Å²) in [5, 5.41) is 3.85. The first-order chi connectivity index (χ1) is 10.2. The van der Waals surface area contributed by atoms with E-state index in [1.54, 1.807) is 11.8 Å². The van der Waals surface area contributed by atoms with Gasteiger partial charge in [0.1, 0.15) is 9.71 Å². The topological polar surface area (TPSA) is 68.0 Å². The predicted molar refractivity (Wildman–Crippen MR) is 91.4 cm³/mol. The van der Waals surface area contributed by atoms with Gasteiger partial charge in [-0.3, -0.25) is 4.79 Å². The highest BCUT2D eigenvalue weighted by Gasteiger charge is 2.20. The summed E-state index contributed by atoms with van der Waals surface area (Å²) in [7, 11) is 0. The summed E-state index contributed by atoms with van der Waals surface area (Å²) in [6.07, 6.45) is 6.55. The fraction of sp³-hybridized carbons (Fsp3) is 0.467. The third-order valence-electron chi connectivity index (χ3n) is 3.80. The first-order valence-corrected chi connectivity index (χ1v) is 9.39. The van der Waals surface area contributed by atoms with Crippen LogP contribution in [0.15, 0.2) is 6.07 Å². The number of amides is 1. The van der Waals surface area contributed by atoms with E-state index >= 15 is 0 Å². The first kappa shape index (κ1) is 14.7. The Hall–Kier alpha value is -1.27. The lowest BCUT2D eigenvalue weighted by Crippen LogP contribution is -2.25. The van der Waals surface area contributed by atoms with Gasteiger partial charge in [-0.25, -0.2) is 4.98 Å². The van der Waals surface area contributed by atoms with E-state index in [4.69, 9.17) is 10.7 Å². The number of nitrogens with one attached hydrogen (secondary N) is 1. The Morgan fingerprint density at radius 2 is 2.29 bits per heavy atom. The second-order valence-electron chi connectivity index (χ2n) is 5.25. The van der Waals surface area contributed by atoms with Crippen LogP contribution in [-0.2, 0) is 12.8 Å². The molecule has 1 aliphatic carbocycles. The Labute approximate surface area is 132 Å². The molecule has 2 heterocycles. The lowest BCUT2D eigenvalue weighted by Gasteiger charge is -2.14. The summed E-state index contributed by atoms with van der Waals surface area (Å²) in [6.45, 7) is 0.664. The van der Waals surface area contributed by atoms with E-state index < -0.39 is 0 Å². The van der Waals surface area contributed by atoms with E-state index in [0.29, 0.717) is 17.1 Å². The quantitative estimate of drug-likeness (QED) is 0.850. The van der Waals surface area contributed by atoms with Gasteiger partial charge in [0.25, 0.3) is 5.91 Å². The summed E-state index contributed by atoms with van der Waals surface area (Å²) in [4.78, 5) is 18.4.